The number of methoxy groups -OCH3 is 1. The third kappa shape index (κ3) is 4.00. The van der Waals surface area contributed by atoms with E-state index >= 15 is 0 Å². The third-order valence-corrected chi connectivity index (χ3v) is 1.94. The molecule has 0 heterocycles. The Labute approximate surface area is 82.8 Å². The zero-order valence-corrected chi connectivity index (χ0v) is 8.88. The van der Waals surface area contributed by atoms with E-state index in [0.717, 1.165) is 0 Å². The molecule has 2 atom stereocenters. The fourth-order valence-electron chi connectivity index (χ4n) is 1.02. The van der Waals surface area contributed by atoms with Gasteiger partial charge in [-0.3, -0.25) is 10.1 Å². The Hall–Kier alpha value is -0.710. The highest BCUT2D eigenvalue weighted by molar-refractivity contribution is 5.75. The maximum Gasteiger partial charge on any atom is 0.323 e. The maximum absolute atomic E-state index is 12.2. The number of hydrogen-bond acceptors (Lipinski definition) is 3. The van der Waals surface area contributed by atoms with E-state index in [-0.39, 0.29) is 5.92 Å². The molecule has 14 heavy (non-hydrogen) atoms. The van der Waals surface area contributed by atoms with Crippen LogP contribution < -0.4 is 5.32 Å². The average Bonchev–Trinajstić information content (AvgIpc) is 2.11. The number of halogens is 2. The first-order chi connectivity index (χ1) is 6.40. The number of alkyl halides is 2. The first-order valence-corrected chi connectivity index (χ1v) is 4.52. The molecule has 5 heteroatoms. The minimum atomic E-state index is -2.49. The molecule has 0 fully saturated rings. The molecule has 84 valence electrons. The minimum absolute atomic E-state index is 0.0800. The molecule has 0 aliphatic carbocycles. The Morgan fingerprint density at radius 3 is 2.07 bits per heavy atom. The average molecular weight is 209 g/mol. The van der Waals surface area contributed by atoms with E-state index in [1.807, 2.05) is 0 Å². The highest BCUT2D eigenvalue weighted by Gasteiger charge is 2.27. The maximum atomic E-state index is 12.2. The van der Waals surface area contributed by atoms with E-state index in [4.69, 9.17) is 0 Å². The number of carbonyl (C=O) groups excluding carboxylic acids is 1. The highest BCUT2D eigenvalue weighted by atomic mass is 19.3. The molecule has 1 N–H and O–H groups in total. The summed E-state index contributed by atoms with van der Waals surface area (Å²) in [4.78, 5) is 11.2. The van der Waals surface area contributed by atoms with Gasteiger partial charge < -0.3 is 4.74 Å². The van der Waals surface area contributed by atoms with Crippen molar-refractivity contribution in [3.05, 3.63) is 0 Å². The van der Waals surface area contributed by atoms with Crippen LogP contribution in [0.2, 0.25) is 0 Å². The molecule has 3 nitrogen and oxygen atoms in total. The summed E-state index contributed by atoms with van der Waals surface area (Å²) in [6.45, 7) is 4.88. The second kappa shape index (κ2) is 5.90. The number of carbonyl (C=O) groups is 1. The number of hydrogen-bond donors (Lipinski definition) is 1. The van der Waals surface area contributed by atoms with Crippen molar-refractivity contribution in [1.82, 2.24) is 5.32 Å². The van der Waals surface area contributed by atoms with Gasteiger partial charge in [0.05, 0.1) is 13.2 Å². The fraction of sp³-hybridized carbons (Fsp3) is 0.889. The molecule has 2 unspecified atom stereocenters. The van der Waals surface area contributed by atoms with E-state index in [2.05, 4.69) is 10.1 Å². The SMILES string of the molecule is COC(=O)C(NC(C)C(F)F)C(C)C. The summed E-state index contributed by atoms with van der Waals surface area (Å²) >= 11 is 0. The van der Waals surface area contributed by atoms with Gasteiger partial charge in [0.25, 0.3) is 6.43 Å². The van der Waals surface area contributed by atoms with Crippen molar-refractivity contribution in [2.24, 2.45) is 5.92 Å². The van der Waals surface area contributed by atoms with Gasteiger partial charge in [0, 0.05) is 0 Å². The van der Waals surface area contributed by atoms with E-state index in [1.54, 1.807) is 13.8 Å². The second-order valence-corrected chi connectivity index (χ2v) is 3.53. The molecule has 0 aromatic rings. The fourth-order valence-corrected chi connectivity index (χ4v) is 1.02. The van der Waals surface area contributed by atoms with Crippen LogP contribution >= 0.6 is 0 Å². The van der Waals surface area contributed by atoms with E-state index in [9.17, 15) is 13.6 Å². The first kappa shape index (κ1) is 13.3. The molecule has 0 aliphatic heterocycles. The Bertz CT molecular complexity index is 186. The molecule has 0 rings (SSSR count). The Morgan fingerprint density at radius 2 is 1.79 bits per heavy atom. The smallest absolute Gasteiger partial charge is 0.323 e. The normalized spacial score (nSPS) is 15.7. The lowest BCUT2D eigenvalue weighted by Gasteiger charge is -2.23. The van der Waals surface area contributed by atoms with Crippen molar-refractivity contribution in [2.45, 2.75) is 39.3 Å². The van der Waals surface area contributed by atoms with Crippen LogP contribution in [0.25, 0.3) is 0 Å². The van der Waals surface area contributed by atoms with Crippen molar-refractivity contribution < 1.29 is 18.3 Å². The summed E-state index contributed by atoms with van der Waals surface area (Å²) in [7, 11) is 1.24. The van der Waals surface area contributed by atoms with Crippen molar-refractivity contribution in [3.63, 3.8) is 0 Å². The third-order valence-electron chi connectivity index (χ3n) is 1.94. The van der Waals surface area contributed by atoms with Gasteiger partial charge in [-0.2, -0.15) is 0 Å². The topological polar surface area (TPSA) is 38.3 Å². The van der Waals surface area contributed by atoms with Gasteiger partial charge in [-0.15, -0.1) is 0 Å². The molecule has 0 aromatic heterocycles. The molecular weight excluding hydrogens is 192 g/mol. The zero-order valence-electron chi connectivity index (χ0n) is 8.88. The number of nitrogens with one attached hydrogen (secondary N) is 1. The monoisotopic (exact) mass is 209 g/mol. The van der Waals surface area contributed by atoms with Gasteiger partial charge in [0.15, 0.2) is 0 Å². The number of ether oxygens (including phenoxy) is 1. The van der Waals surface area contributed by atoms with Crippen LogP contribution in [0, 0.1) is 5.92 Å². The van der Waals surface area contributed by atoms with Crippen molar-refractivity contribution in [3.8, 4) is 0 Å². The van der Waals surface area contributed by atoms with E-state index < -0.39 is 24.5 Å². The lowest BCUT2D eigenvalue weighted by Crippen LogP contribution is -2.48. The zero-order chi connectivity index (χ0) is 11.3. The van der Waals surface area contributed by atoms with E-state index in [1.165, 1.54) is 14.0 Å². The molecule has 0 amide bonds. The van der Waals surface area contributed by atoms with Gasteiger partial charge >= 0.3 is 5.97 Å². The summed E-state index contributed by atoms with van der Waals surface area (Å²) in [6, 6.07) is -1.69. The van der Waals surface area contributed by atoms with Gasteiger partial charge in [-0.1, -0.05) is 13.8 Å². The van der Waals surface area contributed by atoms with Crippen LogP contribution in [-0.4, -0.2) is 31.6 Å². The predicted molar refractivity (Wildman–Crippen MR) is 49.2 cm³/mol. The lowest BCUT2D eigenvalue weighted by molar-refractivity contribution is -0.144. The summed E-state index contributed by atoms with van der Waals surface area (Å²) in [5.41, 5.74) is 0. The Balaban J connectivity index is 4.30. The predicted octanol–water partition coefficient (Wildman–Crippen LogP) is 1.43. The summed E-state index contributed by atoms with van der Waals surface area (Å²) in [5, 5.41) is 2.54. The molecular formula is C9H17F2NO2. The Morgan fingerprint density at radius 1 is 1.29 bits per heavy atom. The summed E-state index contributed by atoms with van der Waals surface area (Å²) < 4.78 is 28.9. The minimum Gasteiger partial charge on any atom is -0.468 e. The second-order valence-electron chi connectivity index (χ2n) is 3.53. The molecule has 0 aliphatic rings. The standard InChI is InChI=1S/C9H17F2NO2/c1-5(2)7(9(13)14-4)12-6(3)8(10)11/h5-8,12H,1-4H3. The van der Waals surface area contributed by atoms with Crippen molar-refractivity contribution in [2.75, 3.05) is 7.11 Å². The molecule has 0 saturated heterocycles. The molecule has 0 bridgehead atoms. The molecule has 0 radical (unpaired) electrons. The summed E-state index contributed by atoms with van der Waals surface area (Å²) in [5.74, 6) is -0.587. The number of esters is 1. The number of rotatable bonds is 5. The van der Waals surface area contributed by atoms with Crippen LogP contribution in [-0.2, 0) is 9.53 Å². The molecule has 0 saturated carbocycles. The van der Waals surface area contributed by atoms with Crippen molar-refractivity contribution >= 4 is 5.97 Å². The van der Waals surface area contributed by atoms with Crippen LogP contribution in [0.5, 0.6) is 0 Å². The van der Waals surface area contributed by atoms with Gasteiger partial charge in [0.1, 0.15) is 6.04 Å². The van der Waals surface area contributed by atoms with Gasteiger partial charge in [-0.25, -0.2) is 8.78 Å². The van der Waals surface area contributed by atoms with Crippen LogP contribution in [0.1, 0.15) is 20.8 Å². The van der Waals surface area contributed by atoms with Gasteiger partial charge in [0.2, 0.25) is 0 Å². The van der Waals surface area contributed by atoms with Gasteiger partial charge in [-0.05, 0) is 12.8 Å². The van der Waals surface area contributed by atoms with Crippen molar-refractivity contribution in [1.29, 1.82) is 0 Å². The van der Waals surface area contributed by atoms with Crippen LogP contribution in [0.4, 0.5) is 8.78 Å². The highest BCUT2D eigenvalue weighted by Crippen LogP contribution is 2.08. The molecule has 0 aromatic carbocycles. The quantitative estimate of drug-likeness (QED) is 0.696. The van der Waals surface area contributed by atoms with Crippen LogP contribution in [0.3, 0.4) is 0 Å². The van der Waals surface area contributed by atoms with E-state index in [0.29, 0.717) is 0 Å². The molecule has 0 spiro atoms. The lowest BCUT2D eigenvalue weighted by atomic mass is 10.0. The Kier molecular flexibility index (Phi) is 5.60. The largest absolute Gasteiger partial charge is 0.468 e. The summed E-state index contributed by atoms with van der Waals surface area (Å²) in [6.07, 6.45) is -2.49. The van der Waals surface area contributed by atoms with Crippen LogP contribution in [0.15, 0.2) is 0 Å². The first-order valence-electron chi connectivity index (χ1n) is 4.52.